The standard InChI is InChI=1S/C29H45NO8/c1-7-10-11-25(31)36-15-14-29(30,28(34)35-6)19-22-12-13-23(37-26(32)16-20(4)8-2)24(18-22)38-27(33)17-21(5)9-3/h12-13,18,20-21H,7-11,14-17,19,30H2,1-6H3/t20?,21?,29-/m1/s1. The summed E-state index contributed by atoms with van der Waals surface area (Å²) in [5, 5.41) is 0. The van der Waals surface area contributed by atoms with Gasteiger partial charge in [-0.3, -0.25) is 19.2 Å². The van der Waals surface area contributed by atoms with E-state index in [4.69, 9.17) is 24.7 Å². The van der Waals surface area contributed by atoms with Crippen molar-refractivity contribution in [1.29, 1.82) is 0 Å². The fourth-order valence-corrected chi connectivity index (χ4v) is 3.58. The second kappa shape index (κ2) is 16.8. The fourth-order valence-electron chi connectivity index (χ4n) is 3.58. The molecule has 0 aliphatic rings. The van der Waals surface area contributed by atoms with Crippen molar-refractivity contribution in [3.63, 3.8) is 0 Å². The zero-order valence-corrected chi connectivity index (χ0v) is 23.8. The molecule has 3 atom stereocenters. The van der Waals surface area contributed by atoms with E-state index >= 15 is 0 Å². The van der Waals surface area contributed by atoms with Gasteiger partial charge in [0.1, 0.15) is 5.54 Å². The van der Waals surface area contributed by atoms with Gasteiger partial charge in [0.25, 0.3) is 0 Å². The number of unbranched alkanes of at least 4 members (excludes halogenated alkanes) is 1. The number of esters is 4. The lowest BCUT2D eigenvalue weighted by atomic mass is 9.88. The van der Waals surface area contributed by atoms with Crippen LogP contribution in [0.1, 0.15) is 91.5 Å². The van der Waals surface area contributed by atoms with Crippen LogP contribution in [0, 0.1) is 11.8 Å². The molecule has 9 nitrogen and oxygen atoms in total. The summed E-state index contributed by atoms with van der Waals surface area (Å²) in [7, 11) is 1.24. The highest BCUT2D eigenvalue weighted by atomic mass is 16.6. The van der Waals surface area contributed by atoms with Crippen LogP contribution in [0.4, 0.5) is 0 Å². The van der Waals surface area contributed by atoms with Crippen LogP contribution < -0.4 is 15.2 Å². The van der Waals surface area contributed by atoms with Gasteiger partial charge in [-0.2, -0.15) is 0 Å². The second-order valence-electron chi connectivity index (χ2n) is 10.1. The number of hydrogen-bond acceptors (Lipinski definition) is 9. The molecule has 0 saturated carbocycles. The number of carbonyl (C=O) groups is 4. The Bertz CT molecular complexity index is 931. The number of benzene rings is 1. The van der Waals surface area contributed by atoms with E-state index in [1.54, 1.807) is 6.07 Å². The number of carbonyl (C=O) groups excluding carboxylic acids is 4. The van der Waals surface area contributed by atoms with E-state index in [1.165, 1.54) is 19.2 Å². The molecule has 0 aliphatic carbocycles. The summed E-state index contributed by atoms with van der Waals surface area (Å²) in [4.78, 5) is 49.5. The topological polar surface area (TPSA) is 131 Å². The highest BCUT2D eigenvalue weighted by Gasteiger charge is 2.36. The molecule has 214 valence electrons. The van der Waals surface area contributed by atoms with Crippen molar-refractivity contribution in [3.8, 4) is 11.5 Å². The van der Waals surface area contributed by atoms with Gasteiger partial charge in [0.05, 0.1) is 13.7 Å². The molecule has 0 spiro atoms. The molecule has 0 saturated heterocycles. The first kappa shape index (κ1) is 33.1. The number of rotatable bonds is 17. The number of ether oxygens (including phenoxy) is 4. The van der Waals surface area contributed by atoms with E-state index in [-0.39, 0.29) is 61.6 Å². The molecule has 1 aromatic rings. The Balaban J connectivity index is 3.16. The highest BCUT2D eigenvalue weighted by Crippen LogP contribution is 2.32. The van der Waals surface area contributed by atoms with Gasteiger partial charge in [0.2, 0.25) is 0 Å². The molecule has 0 amide bonds. The lowest BCUT2D eigenvalue weighted by Gasteiger charge is -2.27. The number of methoxy groups -OCH3 is 1. The lowest BCUT2D eigenvalue weighted by Crippen LogP contribution is -2.51. The minimum absolute atomic E-state index is 0.0171. The SMILES string of the molecule is CCCCC(=O)OCC[C@@](N)(Cc1ccc(OC(=O)CC(C)CC)c(OC(=O)CC(C)CC)c1)C(=O)OC. The molecule has 2 N–H and O–H groups in total. The van der Waals surface area contributed by atoms with Gasteiger partial charge in [0, 0.05) is 32.1 Å². The average molecular weight is 536 g/mol. The summed E-state index contributed by atoms with van der Waals surface area (Å²) in [5.41, 5.74) is 5.50. The van der Waals surface area contributed by atoms with E-state index in [2.05, 4.69) is 0 Å². The molecule has 2 unspecified atom stereocenters. The van der Waals surface area contributed by atoms with Crippen LogP contribution in [0.5, 0.6) is 11.5 Å². The normalized spacial score (nSPS) is 14.1. The highest BCUT2D eigenvalue weighted by molar-refractivity contribution is 5.81. The van der Waals surface area contributed by atoms with Crippen molar-refractivity contribution in [1.82, 2.24) is 0 Å². The molecular weight excluding hydrogens is 490 g/mol. The van der Waals surface area contributed by atoms with Crippen LogP contribution in [0.25, 0.3) is 0 Å². The van der Waals surface area contributed by atoms with Crippen molar-refractivity contribution in [2.75, 3.05) is 13.7 Å². The monoisotopic (exact) mass is 535 g/mol. The molecule has 0 aromatic heterocycles. The van der Waals surface area contributed by atoms with Gasteiger partial charge in [0.15, 0.2) is 11.5 Å². The van der Waals surface area contributed by atoms with Gasteiger partial charge in [-0.1, -0.05) is 59.9 Å². The Morgan fingerprint density at radius 2 is 1.47 bits per heavy atom. The summed E-state index contributed by atoms with van der Waals surface area (Å²) >= 11 is 0. The Morgan fingerprint density at radius 3 is 2.00 bits per heavy atom. The smallest absolute Gasteiger partial charge is 0.326 e. The molecule has 38 heavy (non-hydrogen) atoms. The van der Waals surface area contributed by atoms with E-state index < -0.39 is 23.4 Å². The summed E-state index contributed by atoms with van der Waals surface area (Å²) in [5.74, 6) is -1.44. The Hall–Kier alpha value is -2.94. The maximum atomic E-state index is 12.6. The quantitative estimate of drug-likeness (QED) is 0.218. The van der Waals surface area contributed by atoms with Gasteiger partial charge in [-0.05, 0) is 36.0 Å². The van der Waals surface area contributed by atoms with Crippen molar-refractivity contribution < 1.29 is 38.1 Å². The van der Waals surface area contributed by atoms with Crippen LogP contribution in [-0.4, -0.2) is 43.1 Å². The van der Waals surface area contributed by atoms with E-state index in [0.717, 1.165) is 25.7 Å². The molecule has 9 heteroatoms. The average Bonchev–Trinajstić information content (AvgIpc) is 2.87. The fraction of sp³-hybridized carbons (Fsp3) is 0.655. The second-order valence-corrected chi connectivity index (χ2v) is 10.1. The predicted octanol–water partition coefficient (Wildman–Crippen LogP) is 4.91. The summed E-state index contributed by atoms with van der Waals surface area (Å²) in [6.07, 6.45) is 4.00. The number of nitrogens with two attached hydrogens (primary N) is 1. The molecular formula is C29H45NO8. The molecule has 0 aliphatic heterocycles. The molecule has 0 bridgehead atoms. The lowest BCUT2D eigenvalue weighted by molar-refractivity contribution is -0.151. The molecule has 0 heterocycles. The first-order valence-corrected chi connectivity index (χ1v) is 13.5. The van der Waals surface area contributed by atoms with Crippen molar-refractivity contribution in [3.05, 3.63) is 23.8 Å². The maximum Gasteiger partial charge on any atom is 0.326 e. The zero-order chi connectivity index (χ0) is 28.7. The Morgan fingerprint density at radius 1 is 0.895 bits per heavy atom. The van der Waals surface area contributed by atoms with Gasteiger partial charge in [-0.25, -0.2) is 0 Å². The third-order valence-corrected chi connectivity index (χ3v) is 6.54. The largest absolute Gasteiger partial charge is 0.468 e. The third-order valence-electron chi connectivity index (χ3n) is 6.54. The molecule has 1 aromatic carbocycles. The van der Waals surface area contributed by atoms with Crippen LogP contribution in [0.15, 0.2) is 18.2 Å². The molecule has 0 fully saturated rings. The van der Waals surface area contributed by atoms with Gasteiger partial charge < -0.3 is 24.7 Å². The minimum Gasteiger partial charge on any atom is -0.468 e. The Kier molecular flexibility index (Phi) is 14.6. The van der Waals surface area contributed by atoms with Crippen LogP contribution >= 0.6 is 0 Å². The predicted molar refractivity (Wildman–Crippen MR) is 144 cm³/mol. The van der Waals surface area contributed by atoms with E-state index in [1.807, 2.05) is 34.6 Å². The minimum atomic E-state index is -1.49. The van der Waals surface area contributed by atoms with Gasteiger partial charge >= 0.3 is 23.9 Å². The van der Waals surface area contributed by atoms with Crippen molar-refractivity contribution >= 4 is 23.9 Å². The van der Waals surface area contributed by atoms with E-state index in [0.29, 0.717) is 12.0 Å². The first-order chi connectivity index (χ1) is 18.0. The third kappa shape index (κ3) is 11.6. The van der Waals surface area contributed by atoms with Crippen LogP contribution in [0.3, 0.4) is 0 Å². The summed E-state index contributed by atoms with van der Waals surface area (Å²) in [6, 6.07) is 4.71. The Labute approximate surface area is 226 Å². The van der Waals surface area contributed by atoms with Crippen LogP contribution in [-0.2, 0) is 35.1 Å². The molecule has 0 radical (unpaired) electrons. The van der Waals surface area contributed by atoms with E-state index in [9.17, 15) is 19.2 Å². The maximum absolute atomic E-state index is 12.6. The number of hydrogen-bond donors (Lipinski definition) is 1. The van der Waals surface area contributed by atoms with Crippen molar-refractivity contribution in [2.45, 2.75) is 97.9 Å². The summed E-state index contributed by atoms with van der Waals surface area (Å²) < 4.78 is 21.3. The van der Waals surface area contributed by atoms with Crippen molar-refractivity contribution in [2.24, 2.45) is 17.6 Å². The zero-order valence-electron chi connectivity index (χ0n) is 23.8. The molecule has 1 rings (SSSR count). The van der Waals surface area contributed by atoms with Gasteiger partial charge in [-0.15, -0.1) is 0 Å². The summed E-state index contributed by atoms with van der Waals surface area (Å²) in [6.45, 7) is 9.79. The van der Waals surface area contributed by atoms with Crippen LogP contribution in [0.2, 0.25) is 0 Å². The first-order valence-electron chi connectivity index (χ1n) is 13.5.